The third kappa shape index (κ3) is 6.62. The van der Waals surface area contributed by atoms with Crippen LogP contribution in [0.2, 0.25) is 0 Å². The van der Waals surface area contributed by atoms with Crippen LogP contribution in [0, 0.1) is 0 Å². The summed E-state index contributed by atoms with van der Waals surface area (Å²) in [5.41, 5.74) is 0.331. The molecule has 1 aliphatic heterocycles. The van der Waals surface area contributed by atoms with Crippen molar-refractivity contribution in [3.05, 3.63) is 164 Å². The number of carbonyl (C=O) groups is 1. The standard InChI is InChI=1S/C40H38N2O9/c1-48-32-15-9-7-13-29(32)40(28-11-5-4-6-12-28,30-14-8-10-16-33(30)49-2)36(44)35-31(43)23-34(51-35)42-24-27(37(45)41-39(42)47)22-19-25-17-20-26(21-18-25)38(46)50-3/h4-22,24,31,34-36,43-44H,23H2,1-3H3,(H,41,45,47)/b22-19+/t31-,34+,35-,36?/m0/s1. The van der Waals surface area contributed by atoms with E-state index in [0.717, 1.165) is 0 Å². The first-order valence-corrected chi connectivity index (χ1v) is 16.3. The SMILES string of the molecule is COC(=O)c1ccc(/C=C/c2cn([C@H]3C[C@H](O)[C@@H](C(O)C(c4ccccc4)(c4ccccc4OC)c4ccccc4OC)O3)c(=O)[nH]c2=O)cc1. The van der Waals surface area contributed by atoms with Crippen molar-refractivity contribution in [3.63, 3.8) is 0 Å². The van der Waals surface area contributed by atoms with E-state index in [-0.39, 0.29) is 12.0 Å². The van der Waals surface area contributed by atoms with Crippen molar-refractivity contribution in [2.24, 2.45) is 0 Å². The van der Waals surface area contributed by atoms with Crippen molar-refractivity contribution in [1.29, 1.82) is 0 Å². The number of carbonyl (C=O) groups excluding carboxylic acids is 1. The molecule has 0 amide bonds. The number of methoxy groups -OCH3 is 3. The molecule has 1 unspecified atom stereocenters. The molecule has 3 N–H and O–H groups in total. The molecule has 0 radical (unpaired) electrons. The van der Waals surface area contributed by atoms with Crippen LogP contribution in [0.25, 0.3) is 12.2 Å². The first-order chi connectivity index (χ1) is 24.7. The number of aliphatic hydroxyl groups excluding tert-OH is 2. The van der Waals surface area contributed by atoms with Gasteiger partial charge in [0.25, 0.3) is 5.56 Å². The summed E-state index contributed by atoms with van der Waals surface area (Å²) >= 11 is 0. The van der Waals surface area contributed by atoms with E-state index in [0.29, 0.717) is 39.3 Å². The fourth-order valence-corrected chi connectivity index (χ4v) is 6.83. The number of hydrogen-bond donors (Lipinski definition) is 3. The van der Waals surface area contributed by atoms with Crippen LogP contribution < -0.4 is 20.7 Å². The third-order valence-electron chi connectivity index (χ3n) is 9.28. The van der Waals surface area contributed by atoms with Crippen LogP contribution in [0.5, 0.6) is 11.5 Å². The van der Waals surface area contributed by atoms with Crippen LogP contribution in [0.3, 0.4) is 0 Å². The summed E-state index contributed by atoms with van der Waals surface area (Å²) in [5, 5.41) is 24.4. The fourth-order valence-electron chi connectivity index (χ4n) is 6.83. The average molecular weight is 691 g/mol. The topological polar surface area (TPSA) is 149 Å². The molecule has 4 aromatic carbocycles. The Morgan fingerprint density at radius 2 is 1.45 bits per heavy atom. The number of nitrogens with one attached hydrogen (secondary N) is 1. The van der Waals surface area contributed by atoms with Gasteiger partial charge in [0, 0.05) is 23.7 Å². The van der Waals surface area contributed by atoms with Gasteiger partial charge in [0.1, 0.15) is 29.9 Å². The molecule has 0 saturated carbocycles. The molecule has 262 valence electrons. The number of para-hydroxylation sites is 2. The van der Waals surface area contributed by atoms with Gasteiger partial charge in [-0.25, -0.2) is 9.59 Å². The average Bonchev–Trinajstić information content (AvgIpc) is 3.56. The first kappa shape index (κ1) is 35.1. The van der Waals surface area contributed by atoms with Gasteiger partial charge in [-0.2, -0.15) is 0 Å². The number of H-pyrrole nitrogens is 1. The minimum absolute atomic E-state index is 0.0610. The Hall–Kier alpha value is -5.75. The van der Waals surface area contributed by atoms with Gasteiger partial charge in [-0.1, -0.05) is 84.9 Å². The molecule has 6 rings (SSSR count). The predicted octanol–water partition coefficient (Wildman–Crippen LogP) is 4.55. The number of aliphatic hydroxyl groups is 2. The van der Waals surface area contributed by atoms with E-state index in [9.17, 15) is 24.6 Å². The quantitative estimate of drug-likeness (QED) is 0.134. The number of esters is 1. The molecule has 0 bridgehead atoms. The van der Waals surface area contributed by atoms with Crippen LogP contribution >= 0.6 is 0 Å². The molecule has 0 aliphatic carbocycles. The molecule has 11 nitrogen and oxygen atoms in total. The number of hydrogen-bond acceptors (Lipinski definition) is 9. The highest BCUT2D eigenvalue weighted by Gasteiger charge is 2.54. The zero-order valence-corrected chi connectivity index (χ0v) is 28.3. The van der Waals surface area contributed by atoms with E-state index >= 15 is 0 Å². The highest BCUT2D eigenvalue weighted by Crippen LogP contribution is 2.51. The highest BCUT2D eigenvalue weighted by molar-refractivity contribution is 5.89. The minimum Gasteiger partial charge on any atom is -0.496 e. The summed E-state index contributed by atoms with van der Waals surface area (Å²) in [6.45, 7) is 0. The molecule has 11 heteroatoms. The molecule has 51 heavy (non-hydrogen) atoms. The molecule has 2 heterocycles. The van der Waals surface area contributed by atoms with Crippen LogP contribution in [0.1, 0.15) is 50.8 Å². The second kappa shape index (κ2) is 15.0. The summed E-state index contributed by atoms with van der Waals surface area (Å²) in [4.78, 5) is 40.1. The monoisotopic (exact) mass is 690 g/mol. The first-order valence-electron chi connectivity index (χ1n) is 16.3. The summed E-state index contributed by atoms with van der Waals surface area (Å²) < 4.78 is 24.1. The van der Waals surface area contributed by atoms with Gasteiger partial charge in [0.15, 0.2) is 0 Å². The molecular weight excluding hydrogens is 652 g/mol. The van der Waals surface area contributed by atoms with Gasteiger partial charge in [-0.05, 0) is 41.5 Å². The Labute approximate surface area is 294 Å². The van der Waals surface area contributed by atoms with Crippen molar-refractivity contribution in [3.8, 4) is 11.5 Å². The lowest BCUT2D eigenvalue weighted by atomic mass is 9.63. The number of aromatic nitrogens is 2. The van der Waals surface area contributed by atoms with E-state index in [1.165, 1.54) is 23.9 Å². The Bertz CT molecular complexity index is 2090. The predicted molar refractivity (Wildman–Crippen MR) is 191 cm³/mol. The fraction of sp³-hybridized carbons (Fsp3) is 0.225. The van der Waals surface area contributed by atoms with Crippen LogP contribution in [-0.2, 0) is 14.9 Å². The largest absolute Gasteiger partial charge is 0.496 e. The summed E-state index contributed by atoms with van der Waals surface area (Å²) in [6.07, 6.45) is -0.473. The lowest BCUT2D eigenvalue weighted by molar-refractivity contribution is -0.0980. The number of ether oxygens (including phenoxy) is 4. The number of nitrogens with zero attached hydrogens (tertiary/aromatic N) is 1. The van der Waals surface area contributed by atoms with Crippen LogP contribution in [0.4, 0.5) is 0 Å². The molecule has 1 saturated heterocycles. The Kier molecular flexibility index (Phi) is 10.3. The molecule has 4 atom stereocenters. The molecule has 1 fully saturated rings. The van der Waals surface area contributed by atoms with Crippen molar-refractivity contribution in [2.75, 3.05) is 21.3 Å². The van der Waals surface area contributed by atoms with Crippen molar-refractivity contribution >= 4 is 18.1 Å². The molecule has 0 spiro atoms. The Balaban J connectivity index is 1.42. The van der Waals surface area contributed by atoms with Gasteiger partial charge in [0.2, 0.25) is 0 Å². The van der Waals surface area contributed by atoms with Gasteiger partial charge in [-0.3, -0.25) is 14.3 Å². The molecule has 1 aliphatic rings. The van der Waals surface area contributed by atoms with Gasteiger partial charge in [0.05, 0.1) is 44.0 Å². The number of aromatic amines is 1. The minimum atomic E-state index is -1.46. The summed E-state index contributed by atoms with van der Waals surface area (Å²) in [5.74, 6) is 0.509. The maximum Gasteiger partial charge on any atom is 0.337 e. The van der Waals surface area contributed by atoms with Gasteiger partial charge >= 0.3 is 11.7 Å². The van der Waals surface area contributed by atoms with E-state index in [1.54, 1.807) is 56.7 Å². The maximum atomic E-state index is 13.2. The van der Waals surface area contributed by atoms with Crippen LogP contribution in [0.15, 0.2) is 119 Å². The van der Waals surface area contributed by atoms with Crippen molar-refractivity contribution in [2.45, 2.75) is 36.4 Å². The van der Waals surface area contributed by atoms with Crippen molar-refractivity contribution in [1.82, 2.24) is 9.55 Å². The molecular formula is C40H38N2O9. The summed E-state index contributed by atoms with van der Waals surface area (Å²) in [6, 6.07) is 30.6. The highest BCUT2D eigenvalue weighted by atomic mass is 16.5. The van der Waals surface area contributed by atoms with E-state index in [2.05, 4.69) is 4.98 Å². The number of rotatable bonds is 11. The van der Waals surface area contributed by atoms with Crippen molar-refractivity contribution < 1.29 is 34.0 Å². The molecule has 1 aromatic heterocycles. The van der Waals surface area contributed by atoms with Crippen LogP contribution in [-0.4, -0.2) is 65.4 Å². The Morgan fingerprint density at radius 1 is 0.863 bits per heavy atom. The second-order valence-electron chi connectivity index (χ2n) is 12.1. The lowest BCUT2D eigenvalue weighted by Crippen LogP contribution is -2.51. The smallest absolute Gasteiger partial charge is 0.337 e. The normalized spacial score (nSPS) is 18.0. The van der Waals surface area contributed by atoms with E-state index in [4.69, 9.17) is 18.9 Å². The summed E-state index contributed by atoms with van der Waals surface area (Å²) in [7, 11) is 4.39. The maximum absolute atomic E-state index is 13.2. The van der Waals surface area contributed by atoms with Gasteiger partial charge in [-0.15, -0.1) is 0 Å². The lowest BCUT2D eigenvalue weighted by Gasteiger charge is -2.43. The van der Waals surface area contributed by atoms with E-state index in [1.807, 2.05) is 66.7 Å². The zero-order chi connectivity index (χ0) is 36.1. The van der Waals surface area contributed by atoms with Gasteiger partial charge < -0.3 is 29.2 Å². The Morgan fingerprint density at radius 3 is 2.04 bits per heavy atom. The molecule has 5 aromatic rings. The number of benzene rings is 4. The second-order valence-corrected chi connectivity index (χ2v) is 12.1. The third-order valence-corrected chi connectivity index (χ3v) is 9.28. The zero-order valence-electron chi connectivity index (χ0n) is 28.3. The van der Waals surface area contributed by atoms with E-state index < -0.39 is 47.2 Å².